The number of hydrogen-bond acceptors (Lipinski definition) is 3. The highest BCUT2D eigenvalue weighted by Gasteiger charge is 2.14. The van der Waals surface area contributed by atoms with Gasteiger partial charge < -0.3 is 10.6 Å². The summed E-state index contributed by atoms with van der Waals surface area (Å²) in [6.07, 6.45) is 3.49. The summed E-state index contributed by atoms with van der Waals surface area (Å²) in [4.78, 5) is 24.0. The molecule has 0 aliphatic heterocycles. The average Bonchev–Trinajstić information content (AvgIpc) is 3.01. The number of aromatic amines is 1. The Morgan fingerprint density at radius 2 is 1.81 bits per heavy atom. The number of nitrogens with one attached hydrogen (secondary N) is 3. The van der Waals surface area contributed by atoms with Gasteiger partial charge in [0.25, 0.3) is 5.91 Å². The molecule has 0 fully saturated rings. The van der Waals surface area contributed by atoms with E-state index in [0.29, 0.717) is 12.1 Å². The van der Waals surface area contributed by atoms with Crippen molar-refractivity contribution in [3.8, 4) is 0 Å². The number of aromatic nitrogens is 2. The number of benzene rings is 1. The molecule has 0 unspecified atom stereocenters. The van der Waals surface area contributed by atoms with E-state index in [-0.39, 0.29) is 23.8 Å². The number of amides is 2. The number of aryl methyl sites for hydroxylation is 2. The van der Waals surface area contributed by atoms with Crippen molar-refractivity contribution in [2.45, 2.75) is 46.0 Å². The van der Waals surface area contributed by atoms with Crippen molar-refractivity contribution in [3.63, 3.8) is 0 Å². The second kappa shape index (κ2) is 8.65. The molecule has 0 spiro atoms. The molecular weight excluding hydrogens is 328 g/mol. The molecule has 1 heterocycles. The first-order chi connectivity index (χ1) is 12.3. The van der Waals surface area contributed by atoms with Gasteiger partial charge in [0.2, 0.25) is 5.91 Å². The SMILES string of the molecule is Cc1[nH]ncc1CCCNC(=O)CNC(=O)c1ccc(C(C)(C)C)cc1. The van der Waals surface area contributed by atoms with Gasteiger partial charge in [0.05, 0.1) is 12.7 Å². The van der Waals surface area contributed by atoms with Crippen LogP contribution in [0, 0.1) is 6.92 Å². The van der Waals surface area contributed by atoms with Crippen molar-refractivity contribution < 1.29 is 9.59 Å². The molecule has 0 saturated heterocycles. The lowest BCUT2D eigenvalue weighted by atomic mass is 9.87. The molecule has 2 amide bonds. The smallest absolute Gasteiger partial charge is 0.251 e. The van der Waals surface area contributed by atoms with Crippen molar-refractivity contribution in [1.82, 2.24) is 20.8 Å². The predicted molar refractivity (Wildman–Crippen MR) is 102 cm³/mol. The highest BCUT2D eigenvalue weighted by atomic mass is 16.2. The van der Waals surface area contributed by atoms with Crippen LogP contribution in [0.2, 0.25) is 0 Å². The van der Waals surface area contributed by atoms with E-state index in [1.165, 1.54) is 5.56 Å². The minimum absolute atomic E-state index is 0.0232. The molecule has 0 radical (unpaired) electrons. The maximum atomic E-state index is 12.1. The number of carbonyl (C=O) groups is 2. The third kappa shape index (κ3) is 5.72. The van der Waals surface area contributed by atoms with E-state index in [9.17, 15) is 9.59 Å². The zero-order valence-corrected chi connectivity index (χ0v) is 16.0. The summed E-state index contributed by atoms with van der Waals surface area (Å²) in [5, 5.41) is 12.3. The summed E-state index contributed by atoms with van der Waals surface area (Å²) in [6.45, 7) is 8.90. The van der Waals surface area contributed by atoms with Crippen molar-refractivity contribution in [1.29, 1.82) is 0 Å². The highest BCUT2D eigenvalue weighted by molar-refractivity contribution is 5.96. The van der Waals surface area contributed by atoms with Crippen LogP contribution in [0.5, 0.6) is 0 Å². The first-order valence-electron chi connectivity index (χ1n) is 8.91. The number of hydrogen-bond donors (Lipinski definition) is 3. The van der Waals surface area contributed by atoms with Crippen molar-refractivity contribution in [2.24, 2.45) is 0 Å². The van der Waals surface area contributed by atoms with Crippen molar-refractivity contribution in [2.75, 3.05) is 13.1 Å². The van der Waals surface area contributed by atoms with E-state index in [1.807, 2.05) is 25.3 Å². The maximum absolute atomic E-state index is 12.1. The van der Waals surface area contributed by atoms with E-state index < -0.39 is 0 Å². The van der Waals surface area contributed by atoms with Crippen LogP contribution in [0.25, 0.3) is 0 Å². The molecule has 26 heavy (non-hydrogen) atoms. The second-order valence-electron chi connectivity index (χ2n) is 7.48. The van der Waals surface area contributed by atoms with Crippen LogP contribution >= 0.6 is 0 Å². The normalized spacial score (nSPS) is 11.2. The Balaban J connectivity index is 1.69. The van der Waals surface area contributed by atoms with Gasteiger partial charge >= 0.3 is 0 Å². The lowest BCUT2D eigenvalue weighted by Gasteiger charge is -2.19. The minimum atomic E-state index is -0.241. The standard InChI is InChI=1S/C20H28N4O2/c1-14-16(12-23-24-14)6-5-11-21-18(25)13-22-19(26)15-7-9-17(10-8-15)20(2,3)4/h7-10,12H,5-6,11,13H2,1-4H3,(H,21,25)(H,22,26)(H,23,24). The molecule has 0 aliphatic rings. The second-order valence-corrected chi connectivity index (χ2v) is 7.48. The monoisotopic (exact) mass is 356 g/mol. The van der Waals surface area contributed by atoms with Gasteiger partial charge in [-0.15, -0.1) is 0 Å². The molecule has 3 N–H and O–H groups in total. The number of carbonyl (C=O) groups excluding carboxylic acids is 2. The van der Waals surface area contributed by atoms with Crippen LogP contribution in [0.3, 0.4) is 0 Å². The molecule has 6 nitrogen and oxygen atoms in total. The lowest BCUT2D eigenvalue weighted by molar-refractivity contribution is -0.120. The molecule has 0 aliphatic carbocycles. The summed E-state index contributed by atoms with van der Waals surface area (Å²) >= 11 is 0. The van der Waals surface area contributed by atoms with Gasteiger partial charge in [0, 0.05) is 17.8 Å². The quantitative estimate of drug-likeness (QED) is 0.666. The van der Waals surface area contributed by atoms with Gasteiger partial charge in [0.1, 0.15) is 0 Å². The Hall–Kier alpha value is -2.63. The van der Waals surface area contributed by atoms with Gasteiger partial charge in [0.15, 0.2) is 0 Å². The third-order valence-electron chi connectivity index (χ3n) is 4.30. The van der Waals surface area contributed by atoms with Gasteiger partial charge in [-0.2, -0.15) is 5.10 Å². The number of rotatable bonds is 7. The fourth-order valence-corrected chi connectivity index (χ4v) is 2.58. The van der Waals surface area contributed by atoms with Crippen LogP contribution in [0.15, 0.2) is 30.5 Å². The topological polar surface area (TPSA) is 86.9 Å². The summed E-state index contributed by atoms with van der Waals surface area (Å²) in [5.74, 6) is -0.428. The van der Waals surface area contributed by atoms with Crippen LogP contribution in [0.1, 0.15) is 54.4 Å². The van der Waals surface area contributed by atoms with Crippen LogP contribution in [-0.4, -0.2) is 35.1 Å². The fraction of sp³-hybridized carbons (Fsp3) is 0.450. The summed E-state index contributed by atoms with van der Waals surface area (Å²) in [7, 11) is 0. The first-order valence-corrected chi connectivity index (χ1v) is 8.91. The molecule has 6 heteroatoms. The first kappa shape index (κ1) is 19.7. The van der Waals surface area contributed by atoms with E-state index >= 15 is 0 Å². The molecule has 0 atom stereocenters. The van der Waals surface area contributed by atoms with Crippen LogP contribution in [0.4, 0.5) is 0 Å². The summed E-state index contributed by atoms with van der Waals surface area (Å²) in [5.41, 5.74) is 3.98. The Morgan fingerprint density at radius 3 is 2.38 bits per heavy atom. The summed E-state index contributed by atoms with van der Waals surface area (Å²) < 4.78 is 0. The Bertz CT molecular complexity index is 742. The van der Waals surface area contributed by atoms with Crippen LogP contribution in [-0.2, 0) is 16.6 Å². The van der Waals surface area contributed by atoms with E-state index in [2.05, 4.69) is 41.6 Å². The molecule has 2 aromatic rings. The lowest BCUT2D eigenvalue weighted by Crippen LogP contribution is -2.37. The Labute approximate surface area is 154 Å². The van der Waals surface area contributed by atoms with Crippen molar-refractivity contribution >= 4 is 11.8 Å². The zero-order chi connectivity index (χ0) is 19.2. The Morgan fingerprint density at radius 1 is 1.12 bits per heavy atom. The third-order valence-corrected chi connectivity index (χ3v) is 4.30. The fourth-order valence-electron chi connectivity index (χ4n) is 2.58. The van der Waals surface area contributed by atoms with Gasteiger partial charge in [-0.25, -0.2) is 0 Å². The zero-order valence-electron chi connectivity index (χ0n) is 16.0. The van der Waals surface area contributed by atoms with Crippen LogP contribution < -0.4 is 10.6 Å². The maximum Gasteiger partial charge on any atom is 0.251 e. The largest absolute Gasteiger partial charge is 0.355 e. The molecule has 140 valence electrons. The summed E-state index contributed by atoms with van der Waals surface area (Å²) in [6, 6.07) is 7.49. The minimum Gasteiger partial charge on any atom is -0.355 e. The highest BCUT2D eigenvalue weighted by Crippen LogP contribution is 2.22. The van der Waals surface area contributed by atoms with E-state index in [4.69, 9.17) is 0 Å². The van der Waals surface area contributed by atoms with Gasteiger partial charge in [-0.3, -0.25) is 14.7 Å². The molecule has 0 saturated carbocycles. The molecule has 1 aromatic carbocycles. The molecule has 1 aromatic heterocycles. The molecule has 2 rings (SSSR count). The number of nitrogens with zero attached hydrogens (tertiary/aromatic N) is 1. The van der Waals surface area contributed by atoms with Gasteiger partial charge in [-0.05, 0) is 48.4 Å². The van der Waals surface area contributed by atoms with E-state index in [1.54, 1.807) is 12.1 Å². The average molecular weight is 356 g/mol. The molecular formula is C20H28N4O2. The predicted octanol–water partition coefficient (Wildman–Crippen LogP) is 2.49. The van der Waals surface area contributed by atoms with Gasteiger partial charge in [-0.1, -0.05) is 32.9 Å². The van der Waals surface area contributed by atoms with Crippen molar-refractivity contribution in [3.05, 3.63) is 52.8 Å². The number of H-pyrrole nitrogens is 1. The molecule has 0 bridgehead atoms. The Kier molecular flexibility index (Phi) is 6.55. The van der Waals surface area contributed by atoms with E-state index in [0.717, 1.165) is 24.1 Å².